The Labute approximate surface area is 126 Å². The van der Waals surface area contributed by atoms with Crippen molar-refractivity contribution in [2.45, 2.75) is 31.3 Å². The fourth-order valence-electron chi connectivity index (χ4n) is 1.82. The van der Waals surface area contributed by atoms with Crippen LogP contribution in [0.4, 0.5) is 0 Å². The molecular formula is C12H15N3O4S2. The van der Waals surface area contributed by atoms with Crippen LogP contribution in [0.5, 0.6) is 0 Å². The van der Waals surface area contributed by atoms with Crippen molar-refractivity contribution in [1.82, 2.24) is 14.3 Å². The summed E-state index contributed by atoms with van der Waals surface area (Å²) in [4.78, 5) is 15.1. The van der Waals surface area contributed by atoms with E-state index in [0.29, 0.717) is 18.0 Å². The number of aromatic carboxylic acids is 1. The number of hydrogen-bond acceptors (Lipinski definition) is 5. The summed E-state index contributed by atoms with van der Waals surface area (Å²) < 4.78 is 28.2. The highest BCUT2D eigenvalue weighted by Gasteiger charge is 2.21. The van der Waals surface area contributed by atoms with E-state index in [1.807, 2.05) is 6.92 Å². The van der Waals surface area contributed by atoms with Crippen LogP contribution in [0.25, 0.3) is 0 Å². The average molecular weight is 329 g/mol. The number of carbonyl (C=O) groups is 1. The van der Waals surface area contributed by atoms with Gasteiger partial charge in [-0.15, -0.1) is 11.3 Å². The Balaban J connectivity index is 2.23. The van der Waals surface area contributed by atoms with Gasteiger partial charge < -0.3 is 9.67 Å². The van der Waals surface area contributed by atoms with Gasteiger partial charge in [0, 0.05) is 24.3 Å². The molecule has 21 heavy (non-hydrogen) atoms. The monoisotopic (exact) mass is 329 g/mol. The van der Waals surface area contributed by atoms with Gasteiger partial charge in [-0.1, -0.05) is 6.92 Å². The maximum absolute atomic E-state index is 12.2. The fourth-order valence-corrected chi connectivity index (χ4v) is 3.49. The molecule has 0 fully saturated rings. The minimum atomic E-state index is -3.76. The highest BCUT2D eigenvalue weighted by atomic mass is 32.2. The third kappa shape index (κ3) is 3.69. The number of aryl methyl sites for hydroxylation is 1. The highest BCUT2D eigenvalue weighted by molar-refractivity contribution is 7.89. The lowest BCUT2D eigenvalue weighted by Crippen LogP contribution is -2.22. The van der Waals surface area contributed by atoms with Crippen LogP contribution in [0, 0.1) is 0 Å². The van der Waals surface area contributed by atoms with Crippen molar-refractivity contribution in [3.8, 4) is 0 Å². The smallest absolute Gasteiger partial charge is 0.352 e. The molecule has 0 saturated carbocycles. The first kappa shape index (κ1) is 15.7. The van der Waals surface area contributed by atoms with Crippen molar-refractivity contribution in [3.63, 3.8) is 0 Å². The summed E-state index contributed by atoms with van der Waals surface area (Å²) in [5, 5.41) is 11.5. The van der Waals surface area contributed by atoms with E-state index in [0.717, 1.165) is 0 Å². The van der Waals surface area contributed by atoms with Crippen LogP contribution in [-0.4, -0.2) is 29.0 Å². The first-order chi connectivity index (χ1) is 9.94. The summed E-state index contributed by atoms with van der Waals surface area (Å²) >= 11 is 1.34. The van der Waals surface area contributed by atoms with Gasteiger partial charge in [-0.2, -0.15) is 0 Å². The van der Waals surface area contributed by atoms with Crippen LogP contribution in [0.1, 0.15) is 28.8 Å². The number of nitrogens with one attached hydrogen (secondary N) is 1. The standard InChI is InChI=1S/C12H15N3O4S2/c1-2-4-15-8-9(6-10(15)12(16)17)21(18,19)14-7-11-13-3-5-20-11/h3,5-6,8,14H,2,4,7H2,1H3,(H,16,17). The van der Waals surface area contributed by atoms with E-state index in [2.05, 4.69) is 9.71 Å². The second-order valence-electron chi connectivity index (χ2n) is 4.31. The first-order valence-electron chi connectivity index (χ1n) is 6.25. The van der Waals surface area contributed by atoms with Crippen molar-refractivity contribution < 1.29 is 18.3 Å². The molecule has 0 unspecified atom stereocenters. The molecular weight excluding hydrogens is 314 g/mol. The molecule has 0 spiro atoms. The SMILES string of the molecule is CCCn1cc(S(=O)(=O)NCc2nccs2)cc1C(=O)O. The lowest BCUT2D eigenvalue weighted by molar-refractivity contribution is 0.0685. The Morgan fingerprint density at radius 2 is 2.29 bits per heavy atom. The van der Waals surface area contributed by atoms with E-state index in [-0.39, 0.29) is 17.1 Å². The number of thiazole rings is 1. The number of nitrogens with zero attached hydrogens (tertiary/aromatic N) is 2. The summed E-state index contributed by atoms with van der Waals surface area (Å²) in [6.45, 7) is 2.42. The van der Waals surface area contributed by atoms with E-state index in [9.17, 15) is 13.2 Å². The van der Waals surface area contributed by atoms with Gasteiger partial charge >= 0.3 is 5.97 Å². The molecule has 0 aliphatic carbocycles. The zero-order chi connectivity index (χ0) is 15.5. The Morgan fingerprint density at radius 3 is 2.86 bits per heavy atom. The summed E-state index contributed by atoms with van der Waals surface area (Å²) in [6.07, 6.45) is 3.65. The Hall–Kier alpha value is -1.71. The molecule has 9 heteroatoms. The van der Waals surface area contributed by atoms with E-state index in [4.69, 9.17) is 5.11 Å². The number of rotatable bonds is 7. The predicted octanol–water partition coefficient (Wildman–Crippen LogP) is 1.53. The maximum Gasteiger partial charge on any atom is 0.352 e. The van der Waals surface area contributed by atoms with Gasteiger partial charge in [0.1, 0.15) is 15.6 Å². The average Bonchev–Trinajstić information content (AvgIpc) is 3.06. The third-order valence-electron chi connectivity index (χ3n) is 2.76. The van der Waals surface area contributed by atoms with Crippen LogP contribution in [0.15, 0.2) is 28.7 Å². The van der Waals surface area contributed by atoms with Crippen LogP contribution < -0.4 is 4.72 Å². The summed E-state index contributed by atoms with van der Waals surface area (Å²) in [6, 6.07) is 1.17. The van der Waals surface area contributed by atoms with Gasteiger partial charge in [0.25, 0.3) is 0 Å². The van der Waals surface area contributed by atoms with Gasteiger partial charge in [0.15, 0.2) is 0 Å². The van der Waals surface area contributed by atoms with E-state index >= 15 is 0 Å². The molecule has 0 saturated heterocycles. The van der Waals surface area contributed by atoms with Crippen LogP contribution >= 0.6 is 11.3 Å². The number of aromatic nitrogens is 2. The zero-order valence-corrected chi connectivity index (χ0v) is 12.9. The Kier molecular flexibility index (Phi) is 4.76. The molecule has 0 radical (unpaired) electrons. The molecule has 0 bridgehead atoms. The minimum absolute atomic E-state index is 0.0357. The topological polar surface area (TPSA) is 101 Å². The Morgan fingerprint density at radius 1 is 1.52 bits per heavy atom. The predicted molar refractivity (Wildman–Crippen MR) is 77.8 cm³/mol. The quantitative estimate of drug-likeness (QED) is 0.802. The lowest BCUT2D eigenvalue weighted by Gasteiger charge is -2.03. The highest BCUT2D eigenvalue weighted by Crippen LogP contribution is 2.16. The van der Waals surface area contributed by atoms with Gasteiger partial charge in [-0.05, 0) is 12.5 Å². The second kappa shape index (κ2) is 6.37. The van der Waals surface area contributed by atoms with Crippen LogP contribution in [0.3, 0.4) is 0 Å². The molecule has 0 amide bonds. The van der Waals surface area contributed by atoms with Gasteiger partial charge in [0.2, 0.25) is 10.0 Å². The van der Waals surface area contributed by atoms with Crippen LogP contribution in [0.2, 0.25) is 0 Å². The van der Waals surface area contributed by atoms with Crippen molar-refractivity contribution in [2.24, 2.45) is 0 Å². The summed E-state index contributed by atoms with van der Waals surface area (Å²) in [5.74, 6) is -1.15. The molecule has 0 aliphatic rings. The summed E-state index contributed by atoms with van der Waals surface area (Å²) in [7, 11) is -3.76. The number of sulfonamides is 1. The number of hydrogen-bond donors (Lipinski definition) is 2. The van der Waals surface area contributed by atoms with Gasteiger partial charge in [0.05, 0.1) is 6.54 Å². The van der Waals surface area contributed by atoms with Crippen molar-refractivity contribution in [3.05, 3.63) is 34.5 Å². The molecule has 2 aromatic heterocycles. The van der Waals surface area contributed by atoms with Gasteiger partial charge in [-0.3, -0.25) is 0 Å². The van der Waals surface area contributed by atoms with Crippen molar-refractivity contribution >= 4 is 27.3 Å². The minimum Gasteiger partial charge on any atom is -0.477 e. The number of carboxylic acid groups (broad SMARTS) is 1. The molecule has 7 nitrogen and oxygen atoms in total. The van der Waals surface area contributed by atoms with Gasteiger partial charge in [-0.25, -0.2) is 22.9 Å². The molecule has 0 atom stereocenters. The van der Waals surface area contributed by atoms with Crippen LogP contribution in [-0.2, 0) is 23.1 Å². The summed E-state index contributed by atoms with van der Waals surface area (Å²) in [5.41, 5.74) is -0.0357. The molecule has 2 N–H and O–H groups in total. The van der Waals surface area contributed by atoms with E-state index in [1.165, 1.54) is 28.2 Å². The zero-order valence-electron chi connectivity index (χ0n) is 11.3. The lowest BCUT2D eigenvalue weighted by atomic mass is 10.4. The molecule has 2 heterocycles. The normalized spacial score (nSPS) is 11.7. The van der Waals surface area contributed by atoms with E-state index < -0.39 is 16.0 Å². The maximum atomic E-state index is 12.2. The third-order valence-corrected chi connectivity index (χ3v) is 4.91. The molecule has 2 aromatic rings. The second-order valence-corrected chi connectivity index (χ2v) is 7.06. The van der Waals surface area contributed by atoms with Crippen molar-refractivity contribution in [1.29, 1.82) is 0 Å². The molecule has 0 aromatic carbocycles. The van der Waals surface area contributed by atoms with Crippen molar-refractivity contribution in [2.75, 3.05) is 0 Å². The number of carboxylic acids is 1. The molecule has 0 aliphatic heterocycles. The first-order valence-corrected chi connectivity index (χ1v) is 8.62. The molecule has 114 valence electrons. The molecule has 2 rings (SSSR count). The largest absolute Gasteiger partial charge is 0.477 e. The Bertz CT molecular complexity index is 720. The fraction of sp³-hybridized carbons (Fsp3) is 0.333. The van der Waals surface area contributed by atoms with E-state index in [1.54, 1.807) is 11.6 Å².